The minimum absolute atomic E-state index is 0.236. The number of anilines is 1. The maximum Gasteiger partial charge on any atom is 0.337 e. The van der Waals surface area contributed by atoms with Gasteiger partial charge in [-0.3, -0.25) is 0 Å². The zero-order valence-electron chi connectivity index (χ0n) is 10.6. The molecule has 1 aromatic carbocycles. The van der Waals surface area contributed by atoms with Gasteiger partial charge in [0, 0.05) is 36.8 Å². The highest BCUT2D eigenvalue weighted by Gasteiger charge is 2.34. The van der Waals surface area contributed by atoms with E-state index in [1.54, 1.807) is 25.3 Å². The van der Waals surface area contributed by atoms with E-state index in [1.807, 2.05) is 0 Å². The normalized spacial score (nSPS) is 22.4. The minimum Gasteiger partial charge on any atom is -0.478 e. The number of methoxy groups -OCH3 is 1. The fraction of sp³-hybridized carbons (Fsp3) is 0.462. The van der Waals surface area contributed by atoms with E-state index < -0.39 is 5.97 Å². The highest BCUT2D eigenvalue weighted by atomic mass is 79.9. The molecular weight excluding hydrogens is 314 g/mol. The third-order valence-corrected chi connectivity index (χ3v) is 3.81. The number of carboxylic acids is 1. The maximum atomic E-state index is 11.2. The Kier molecular flexibility index (Phi) is 4.44. The summed E-state index contributed by atoms with van der Waals surface area (Å²) >= 11 is 3.27. The van der Waals surface area contributed by atoms with Crippen LogP contribution in [-0.4, -0.2) is 43.5 Å². The summed E-state index contributed by atoms with van der Waals surface area (Å²) in [6.07, 6.45) is 0.801. The van der Waals surface area contributed by atoms with Gasteiger partial charge in [0.05, 0.1) is 12.2 Å². The molecule has 1 aliphatic rings. The predicted molar refractivity (Wildman–Crippen MR) is 74.8 cm³/mol. The summed E-state index contributed by atoms with van der Waals surface area (Å²) in [6, 6.07) is 5.13. The van der Waals surface area contributed by atoms with E-state index in [4.69, 9.17) is 9.47 Å². The van der Waals surface area contributed by atoms with Crippen molar-refractivity contribution in [2.24, 2.45) is 0 Å². The van der Waals surface area contributed by atoms with Gasteiger partial charge in [-0.25, -0.2) is 4.79 Å². The molecule has 1 fully saturated rings. The summed E-state index contributed by atoms with van der Waals surface area (Å²) in [6.45, 7) is 1.71. The van der Waals surface area contributed by atoms with Crippen molar-refractivity contribution in [3.05, 3.63) is 28.2 Å². The number of carbonyl (C=O) groups is 1. The van der Waals surface area contributed by atoms with E-state index in [0.29, 0.717) is 25.4 Å². The van der Waals surface area contributed by atoms with E-state index in [0.717, 1.165) is 10.9 Å². The van der Waals surface area contributed by atoms with E-state index in [1.165, 1.54) is 0 Å². The Labute approximate surface area is 120 Å². The third kappa shape index (κ3) is 3.26. The molecule has 2 N–H and O–H groups in total. The van der Waals surface area contributed by atoms with Crippen molar-refractivity contribution >= 4 is 27.6 Å². The van der Waals surface area contributed by atoms with E-state index in [-0.39, 0.29) is 11.2 Å². The molecule has 1 aromatic rings. The van der Waals surface area contributed by atoms with Gasteiger partial charge in [0.15, 0.2) is 0 Å². The lowest BCUT2D eigenvalue weighted by molar-refractivity contribution is -0.00622. The summed E-state index contributed by atoms with van der Waals surface area (Å²) in [7, 11) is 1.65. The lowest BCUT2D eigenvalue weighted by atomic mass is 10.0. The predicted octanol–water partition coefficient (Wildman–Crippen LogP) is 2.36. The third-order valence-electron chi connectivity index (χ3n) is 3.31. The second-order valence-corrected chi connectivity index (χ2v) is 5.45. The first kappa shape index (κ1) is 14.3. The van der Waals surface area contributed by atoms with Crippen molar-refractivity contribution < 1.29 is 19.4 Å². The van der Waals surface area contributed by atoms with Crippen molar-refractivity contribution in [2.45, 2.75) is 12.0 Å². The van der Waals surface area contributed by atoms with Crippen LogP contribution < -0.4 is 5.32 Å². The molecule has 1 unspecified atom stereocenters. The Hall–Kier alpha value is -1.11. The quantitative estimate of drug-likeness (QED) is 0.868. The molecule has 0 amide bonds. The molecule has 2 rings (SSSR count). The highest BCUT2D eigenvalue weighted by Crippen LogP contribution is 2.26. The Morgan fingerprint density at radius 1 is 1.63 bits per heavy atom. The molecule has 0 aliphatic carbocycles. The topological polar surface area (TPSA) is 67.8 Å². The Morgan fingerprint density at radius 2 is 2.42 bits per heavy atom. The van der Waals surface area contributed by atoms with E-state index >= 15 is 0 Å². The second-order valence-electron chi connectivity index (χ2n) is 4.54. The summed E-state index contributed by atoms with van der Waals surface area (Å²) in [5.74, 6) is -0.960. The summed E-state index contributed by atoms with van der Waals surface area (Å²) in [5.41, 5.74) is 0.446. The van der Waals surface area contributed by atoms with Crippen LogP contribution in [0.15, 0.2) is 22.7 Å². The molecular formula is C13H16BrNO4. The fourth-order valence-corrected chi connectivity index (χ4v) is 2.43. The summed E-state index contributed by atoms with van der Waals surface area (Å²) < 4.78 is 11.6. The van der Waals surface area contributed by atoms with Crippen LogP contribution in [0.4, 0.5) is 5.69 Å². The Morgan fingerprint density at radius 3 is 3.00 bits per heavy atom. The van der Waals surface area contributed by atoms with Crippen LogP contribution in [0.1, 0.15) is 16.8 Å². The van der Waals surface area contributed by atoms with Crippen LogP contribution in [0, 0.1) is 0 Å². The van der Waals surface area contributed by atoms with Crippen LogP contribution in [0.25, 0.3) is 0 Å². The lowest BCUT2D eigenvalue weighted by Crippen LogP contribution is -2.39. The molecule has 1 heterocycles. The van der Waals surface area contributed by atoms with Gasteiger partial charge in [-0.15, -0.1) is 0 Å². The monoisotopic (exact) mass is 329 g/mol. The zero-order valence-corrected chi connectivity index (χ0v) is 12.2. The van der Waals surface area contributed by atoms with Gasteiger partial charge in [-0.1, -0.05) is 15.9 Å². The van der Waals surface area contributed by atoms with Crippen molar-refractivity contribution in [2.75, 3.05) is 32.2 Å². The van der Waals surface area contributed by atoms with Crippen LogP contribution >= 0.6 is 15.9 Å². The highest BCUT2D eigenvalue weighted by molar-refractivity contribution is 9.10. The van der Waals surface area contributed by atoms with Crippen molar-refractivity contribution in [3.8, 4) is 0 Å². The number of benzene rings is 1. The van der Waals surface area contributed by atoms with Gasteiger partial charge in [0.25, 0.3) is 0 Å². The number of nitrogens with one attached hydrogen (secondary N) is 1. The first-order valence-corrected chi connectivity index (χ1v) is 6.75. The van der Waals surface area contributed by atoms with Gasteiger partial charge in [0.2, 0.25) is 0 Å². The number of hydrogen-bond donors (Lipinski definition) is 2. The first-order chi connectivity index (χ1) is 9.06. The molecule has 0 spiro atoms. The Balaban J connectivity index is 2.13. The second kappa shape index (κ2) is 5.90. The van der Waals surface area contributed by atoms with Gasteiger partial charge >= 0.3 is 5.97 Å². The number of halogens is 1. The van der Waals surface area contributed by atoms with Crippen LogP contribution in [0.5, 0.6) is 0 Å². The average molecular weight is 330 g/mol. The number of aromatic carboxylic acids is 1. The van der Waals surface area contributed by atoms with Crippen molar-refractivity contribution in [3.63, 3.8) is 0 Å². The van der Waals surface area contributed by atoms with Crippen molar-refractivity contribution in [1.82, 2.24) is 0 Å². The molecule has 1 saturated heterocycles. The molecule has 0 bridgehead atoms. The smallest absolute Gasteiger partial charge is 0.337 e. The van der Waals surface area contributed by atoms with Crippen LogP contribution in [0.3, 0.4) is 0 Å². The lowest BCUT2D eigenvalue weighted by Gasteiger charge is -2.26. The summed E-state index contributed by atoms with van der Waals surface area (Å²) in [4.78, 5) is 11.2. The van der Waals surface area contributed by atoms with Crippen LogP contribution in [-0.2, 0) is 9.47 Å². The van der Waals surface area contributed by atoms with Gasteiger partial charge in [0.1, 0.15) is 5.60 Å². The number of carboxylic acid groups (broad SMARTS) is 1. The number of ether oxygens (including phenoxy) is 2. The SMILES string of the molecule is COC1(CNc2ccc(Br)cc2C(=O)O)CCOC1. The maximum absolute atomic E-state index is 11.2. The fourth-order valence-electron chi connectivity index (χ4n) is 2.06. The zero-order chi connectivity index (χ0) is 13.9. The first-order valence-electron chi connectivity index (χ1n) is 5.96. The molecule has 104 valence electrons. The molecule has 1 aliphatic heterocycles. The van der Waals surface area contributed by atoms with E-state index in [9.17, 15) is 9.90 Å². The summed E-state index contributed by atoms with van der Waals surface area (Å²) in [5, 5.41) is 12.3. The minimum atomic E-state index is -0.960. The van der Waals surface area contributed by atoms with Gasteiger partial charge in [-0.05, 0) is 18.2 Å². The molecule has 6 heteroatoms. The molecule has 19 heavy (non-hydrogen) atoms. The number of hydrogen-bond acceptors (Lipinski definition) is 4. The van der Waals surface area contributed by atoms with Crippen LogP contribution in [0.2, 0.25) is 0 Å². The molecule has 0 saturated carbocycles. The Bertz CT molecular complexity index is 472. The van der Waals surface area contributed by atoms with Gasteiger partial charge < -0.3 is 19.9 Å². The number of rotatable bonds is 5. The molecule has 0 radical (unpaired) electrons. The standard InChI is InChI=1S/C13H16BrNO4/c1-18-13(4-5-19-8-13)7-15-11-3-2-9(14)6-10(11)12(16)17/h2-3,6,15H,4-5,7-8H2,1H3,(H,16,17). The van der Waals surface area contributed by atoms with Crippen molar-refractivity contribution in [1.29, 1.82) is 0 Å². The molecule has 1 atom stereocenters. The van der Waals surface area contributed by atoms with E-state index in [2.05, 4.69) is 21.2 Å². The average Bonchev–Trinajstić information content (AvgIpc) is 2.86. The largest absolute Gasteiger partial charge is 0.478 e. The van der Waals surface area contributed by atoms with Gasteiger partial charge in [-0.2, -0.15) is 0 Å². The molecule has 5 nitrogen and oxygen atoms in total. The molecule has 0 aromatic heterocycles.